The van der Waals surface area contributed by atoms with Gasteiger partial charge in [-0.25, -0.2) is 9.07 Å². The Labute approximate surface area is 174 Å². The third-order valence-corrected chi connectivity index (χ3v) is 5.31. The monoisotopic (exact) mass is 406 g/mol. The molecule has 0 aliphatic carbocycles. The predicted octanol–water partition coefficient (Wildman–Crippen LogP) is 3.43. The summed E-state index contributed by atoms with van der Waals surface area (Å²) in [5.41, 5.74) is 1.66. The van der Waals surface area contributed by atoms with Crippen LogP contribution >= 0.6 is 0 Å². The number of aromatic nitrogens is 2. The molecule has 3 aromatic rings. The molecule has 1 aliphatic heterocycles. The van der Waals surface area contributed by atoms with Crippen molar-refractivity contribution in [1.29, 1.82) is 0 Å². The summed E-state index contributed by atoms with van der Waals surface area (Å²) in [4.78, 5) is 27.1. The minimum atomic E-state index is -0.472. The Balaban J connectivity index is 1.37. The fourth-order valence-electron chi connectivity index (χ4n) is 3.73. The second-order valence-corrected chi connectivity index (χ2v) is 7.45. The van der Waals surface area contributed by atoms with Crippen molar-refractivity contribution in [1.82, 2.24) is 14.7 Å². The zero-order valence-electron chi connectivity index (χ0n) is 16.5. The standard InChI is InChI=1S/C23H23FN4O2/c24-20-15-19(9-10-21(20)28-13-5-11-25-28)26-23(30)18-8-4-12-27(16-18)22(29)14-17-6-2-1-3-7-17/h1-3,5-7,9-11,13,15,18H,4,8,12,14,16H2,(H,26,30). The number of halogens is 1. The van der Waals surface area contributed by atoms with Gasteiger partial charge in [0.05, 0.1) is 12.3 Å². The van der Waals surface area contributed by atoms with Crippen LogP contribution in [0.2, 0.25) is 0 Å². The summed E-state index contributed by atoms with van der Waals surface area (Å²) in [6.07, 6.45) is 5.03. The van der Waals surface area contributed by atoms with Gasteiger partial charge in [0.1, 0.15) is 5.69 Å². The van der Waals surface area contributed by atoms with Gasteiger partial charge < -0.3 is 10.2 Å². The van der Waals surface area contributed by atoms with Crippen LogP contribution in [0, 0.1) is 11.7 Å². The lowest BCUT2D eigenvalue weighted by Crippen LogP contribution is -2.44. The number of likely N-dealkylation sites (tertiary alicyclic amines) is 1. The quantitative estimate of drug-likeness (QED) is 0.706. The Kier molecular flexibility index (Phi) is 5.88. The van der Waals surface area contributed by atoms with Crippen molar-refractivity contribution in [3.05, 3.63) is 78.4 Å². The molecule has 1 unspecified atom stereocenters. The van der Waals surface area contributed by atoms with Crippen LogP contribution in [-0.2, 0) is 16.0 Å². The van der Waals surface area contributed by atoms with E-state index in [0.29, 0.717) is 37.3 Å². The smallest absolute Gasteiger partial charge is 0.229 e. The minimum absolute atomic E-state index is 0.0216. The number of amides is 2. The maximum absolute atomic E-state index is 14.4. The van der Waals surface area contributed by atoms with Crippen LogP contribution in [0.1, 0.15) is 18.4 Å². The first-order valence-electron chi connectivity index (χ1n) is 10.0. The summed E-state index contributed by atoms with van der Waals surface area (Å²) >= 11 is 0. The normalized spacial score (nSPS) is 16.3. The molecule has 1 saturated heterocycles. The van der Waals surface area contributed by atoms with E-state index < -0.39 is 5.82 Å². The molecule has 2 heterocycles. The molecule has 4 rings (SSSR count). The molecule has 7 heteroatoms. The van der Waals surface area contributed by atoms with Gasteiger partial charge in [-0.15, -0.1) is 0 Å². The molecule has 1 N–H and O–H groups in total. The fraction of sp³-hybridized carbons (Fsp3) is 0.261. The summed E-state index contributed by atoms with van der Waals surface area (Å²) in [6.45, 7) is 1.04. The molecule has 2 aromatic carbocycles. The Morgan fingerprint density at radius 3 is 2.70 bits per heavy atom. The lowest BCUT2D eigenvalue weighted by Gasteiger charge is -2.32. The molecule has 6 nitrogen and oxygen atoms in total. The summed E-state index contributed by atoms with van der Waals surface area (Å²) in [6, 6.07) is 15.8. The number of hydrogen-bond donors (Lipinski definition) is 1. The van der Waals surface area contributed by atoms with Gasteiger partial charge in [0, 0.05) is 31.2 Å². The molecule has 1 atom stereocenters. The predicted molar refractivity (Wildman–Crippen MR) is 112 cm³/mol. The van der Waals surface area contributed by atoms with Crippen LogP contribution in [-0.4, -0.2) is 39.6 Å². The molecule has 0 radical (unpaired) electrons. The van der Waals surface area contributed by atoms with Crippen LogP contribution in [0.5, 0.6) is 0 Å². The van der Waals surface area contributed by atoms with E-state index in [1.165, 1.54) is 10.7 Å². The van der Waals surface area contributed by atoms with Gasteiger partial charge in [-0.3, -0.25) is 9.59 Å². The second kappa shape index (κ2) is 8.90. The van der Waals surface area contributed by atoms with Crippen molar-refractivity contribution in [2.24, 2.45) is 5.92 Å². The maximum Gasteiger partial charge on any atom is 0.229 e. The number of nitrogens with one attached hydrogen (secondary N) is 1. The summed E-state index contributed by atoms with van der Waals surface area (Å²) in [5.74, 6) is -0.959. The zero-order valence-corrected chi connectivity index (χ0v) is 16.5. The topological polar surface area (TPSA) is 67.2 Å². The van der Waals surface area contributed by atoms with Gasteiger partial charge in [-0.05, 0) is 42.7 Å². The molecule has 0 bridgehead atoms. The highest BCUT2D eigenvalue weighted by Gasteiger charge is 2.28. The molecule has 2 amide bonds. The Hall–Kier alpha value is -3.48. The van der Waals surface area contributed by atoms with E-state index in [2.05, 4.69) is 10.4 Å². The SMILES string of the molecule is O=C(Nc1ccc(-n2cccn2)c(F)c1)C1CCCN(C(=O)Cc2ccccc2)C1. The Morgan fingerprint density at radius 2 is 1.97 bits per heavy atom. The van der Waals surface area contributed by atoms with E-state index in [0.717, 1.165) is 12.0 Å². The molecule has 30 heavy (non-hydrogen) atoms. The van der Waals surface area contributed by atoms with Crippen LogP contribution in [0.4, 0.5) is 10.1 Å². The number of hydrogen-bond acceptors (Lipinski definition) is 3. The van der Waals surface area contributed by atoms with Gasteiger partial charge in [-0.1, -0.05) is 30.3 Å². The molecule has 154 valence electrons. The van der Waals surface area contributed by atoms with Crippen molar-refractivity contribution in [2.75, 3.05) is 18.4 Å². The lowest BCUT2D eigenvalue weighted by atomic mass is 9.96. The zero-order chi connectivity index (χ0) is 20.9. The number of nitrogens with zero attached hydrogens (tertiary/aromatic N) is 3. The maximum atomic E-state index is 14.4. The molecule has 1 aromatic heterocycles. The third-order valence-electron chi connectivity index (χ3n) is 5.31. The third kappa shape index (κ3) is 4.56. The summed E-state index contributed by atoms with van der Waals surface area (Å²) in [7, 11) is 0. The van der Waals surface area contributed by atoms with Crippen LogP contribution in [0.3, 0.4) is 0 Å². The summed E-state index contributed by atoms with van der Waals surface area (Å²) < 4.78 is 15.8. The molecule has 1 aliphatic rings. The average molecular weight is 406 g/mol. The number of carbonyl (C=O) groups is 2. The van der Waals surface area contributed by atoms with Gasteiger partial charge in [0.15, 0.2) is 5.82 Å². The Morgan fingerprint density at radius 1 is 1.13 bits per heavy atom. The largest absolute Gasteiger partial charge is 0.342 e. The second-order valence-electron chi connectivity index (χ2n) is 7.45. The number of carbonyl (C=O) groups excluding carboxylic acids is 2. The van der Waals surface area contributed by atoms with E-state index in [-0.39, 0.29) is 17.7 Å². The van der Waals surface area contributed by atoms with E-state index in [9.17, 15) is 14.0 Å². The van der Waals surface area contributed by atoms with Crippen molar-refractivity contribution in [3.63, 3.8) is 0 Å². The first kappa shape index (κ1) is 19.8. The van der Waals surface area contributed by atoms with Crippen molar-refractivity contribution in [2.45, 2.75) is 19.3 Å². The lowest BCUT2D eigenvalue weighted by molar-refractivity contribution is -0.133. The summed E-state index contributed by atoms with van der Waals surface area (Å²) in [5, 5.41) is 6.81. The first-order valence-corrected chi connectivity index (χ1v) is 10.0. The highest BCUT2D eigenvalue weighted by atomic mass is 19.1. The van der Waals surface area contributed by atoms with Crippen LogP contribution in [0.25, 0.3) is 5.69 Å². The number of rotatable bonds is 5. The van der Waals surface area contributed by atoms with Gasteiger partial charge >= 0.3 is 0 Å². The highest BCUT2D eigenvalue weighted by Crippen LogP contribution is 2.22. The van der Waals surface area contributed by atoms with E-state index in [1.54, 1.807) is 35.5 Å². The number of anilines is 1. The van der Waals surface area contributed by atoms with E-state index in [1.807, 2.05) is 30.3 Å². The highest BCUT2D eigenvalue weighted by molar-refractivity contribution is 5.93. The Bertz CT molecular complexity index is 1020. The van der Waals surface area contributed by atoms with Crippen LogP contribution < -0.4 is 5.32 Å². The van der Waals surface area contributed by atoms with Crippen LogP contribution in [0.15, 0.2) is 67.0 Å². The molecular weight excluding hydrogens is 383 g/mol. The van der Waals surface area contributed by atoms with Crippen molar-refractivity contribution < 1.29 is 14.0 Å². The number of benzene rings is 2. The number of piperidine rings is 1. The average Bonchev–Trinajstić information content (AvgIpc) is 3.29. The minimum Gasteiger partial charge on any atom is -0.342 e. The molecule has 0 spiro atoms. The fourth-order valence-corrected chi connectivity index (χ4v) is 3.73. The van der Waals surface area contributed by atoms with Gasteiger partial charge in [0.2, 0.25) is 11.8 Å². The van der Waals surface area contributed by atoms with E-state index >= 15 is 0 Å². The van der Waals surface area contributed by atoms with Crippen molar-refractivity contribution >= 4 is 17.5 Å². The van der Waals surface area contributed by atoms with Gasteiger partial charge in [0.25, 0.3) is 0 Å². The van der Waals surface area contributed by atoms with Crippen molar-refractivity contribution in [3.8, 4) is 5.69 Å². The van der Waals surface area contributed by atoms with Gasteiger partial charge in [-0.2, -0.15) is 5.10 Å². The molecule has 1 fully saturated rings. The first-order chi connectivity index (χ1) is 14.6. The van der Waals surface area contributed by atoms with E-state index in [4.69, 9.17) is 0 Å². The molecular formula is C23H23FN4O2. The molecule has 0 saturated carbocycles.